The summed E-state index contributed by atoms with van der Waals surface area (Å²) < 4.78 is 9.97. The summed E-state index contributed by atoms with van der Waals surface area (Å²) in [6, 6.07) is 12.1. The molecule has 8 nitrogen and oxygen atoms in total. The van der Waals surface area contributed by atoms with Gasteiger partial charge in [0.25, 0.3) is 5.69 Å². The molecule has 0 heterocycles. The highest BCUT2D eigenvalue weighted by atomic mass is 35.5. The number of rotatable bonds is 7. The second-order valence-corrected chi connectivity index (χ2v) is 5.24. The van der Waals surface area contributed by atoms with Crippen LogP contribution in [0.1, 0.15) is 11.1 Å². The second-order valence-electron chi connectivity index (χ2n) is 4.97. The number of nitrogens with one attached hydrogen (secondary N) is 1. The topological polar surface area (TPSA) is 108 Å². The number of non-ortho nitro benzene ring substituents is 1. The molecule has 0 aliphatic heterocycles. The number of halogens is 1. The van der Waals surface area contributed by atoms with Crippen LogP contribution in [0.4, 0.5) is 10.5 Å². The SMILES string of the molecule is O=C(CCl)Oc1cccc([CH]NC(=O)OCc2ccc([N+](=O)[O-])cc2)c1. The zero-order valence-corrected chi connectivity index (χ0v) is 14.1. The molecule has 1 N–H and O–H groups in total. The Balaban J connectivity index is 1.80. The quantitative estimate of drug-likeness (QED) is 0.261. The van der Waals surface area contributed by atoms with Crippen molar-refractivity contribution in [2.24, 2.45) is 0 Å². The minimum Gasteiger partial charge on any atom is -0.445 e. The van der Waals surface area contributed by atoms with Gasteiger partial charge in [-0.25, -0.2) is 4.79 Å². The third kappa shape index (κ3) is 6.06. The van der Waals surface area contributed by atoms with E-state index in [0.717, 1.165) is 0 Å². The predicted molar refractivity (Wildman–Crippen MR) is 92.6 cm³/mol. The highest BCUT2D eigenvalue weighted by molar-refractivity contribution is 6.26. The van der Waals surface area contributed by atoms with E-state index < -0.39 is 17.0 Å². The number of ether oxygens (including phenoxy) is 2. The number of benzene rings is 2. The maximum atomic E-state index is 11.7. The Morgan fingerprint density at radius 3 is 2.58 bits per heavy atom. The molecule has 2 rings (SSSR count). The number of amides is 1. The fourth-order valence-corrected chi connectivity index (χ4v) is 1.93. The van der Waals surface area contributed by atoms with E-state index in [2.05, 4.69) is 5.32 Å². The molecule has 0 spiro atoms. The van der Waals surface area contributed by atoms with Gasteiger partial charge in [0.15, 0.2) is 0 Å². The van der Waals surface area contributed by atoms with Crippen molar-refractivity contribution in [2.45, 2.75) is 6.61 Å². The fraction of sp³-hybridized carbons (Fsp3) is 0.118. The molecule has 0 bridgehead atoms. The van der Waals surface area contributed by atoms with E-state index in [1.807, 2.05) is 0 Å². The molecule has 1 radical (unpaired) electrons. The first-order valence-electron chi connectivity index (χ1n) is 7.34. The van der Waals surface area contributed by atoms with Crippen molar-refractivity contribution < 1.29 is 24.0 Å². The molecule has 135 valence electrons. The van der Waals surface area contributed by atoms with Gasteiger partial charge in [-0.05, 0) is 35.4 Å². The molecule has 2 aromatic rings. The number of nitrogens with zero attached hydrogens (tertiary/aromatic N) is 1. The molecule has 0 unspecified atom stereocenters. The maximum Gasteiger partial charge on any atom is 0.408 e. The fourth-order valence-electron chi connectivity index (χ4n) is 1.87. The summed E-state index contributed by atoms with van der Waals surface area (Å²) in [6.45, 7) is 1.35. The number of carbonyl (C=O) groups is 2. The first kappa shape index (κ1) is 19.2. The van der Waals surface area contributed by atoms with Crippen molar-refractivity contribution in [1.29, 1.82) is 0 Å². The molecular weight excluding hydrogens is 364 g/mol. The van der Waals surface area contributed by atoms with Gasteiger partial charge >= 0.3 is 12.1 Å². The summed E-state index contributed by atoms with van der Waals surface area (Å²) >= 11 is 5.36. The highest BCUT2D eigenvalue weighted by Gasteiger charge is 2.08. The zero-order valence-electron chi connectivity index (χ0n) is 13.4. The van der Waals surface area contributed by atoms with Gasteiger partial charge in [-0.2, -0.15) is 0 Å². The molecular formula is C17H14ClN2O6. The first-order chi connectivity index (χ1) is 12.5. The lowest BCUT2D eigenvalue weighted by Crippen LogP contribution is -2.22. The second kappa shape index (κ2) is 9.38. The number of nitro groups is 1. The third-order valence-corrected chi connectivity index (χ3v) is 3.29. The lowest BCUT2D eigenvalue weighted by Gasteiger charge is -2.08. The summed E-state index contributed by atoms with van der Waals surface area (Å²) in [5, 5.41) is 13.0. The van der Waals surface area contributed by atoms with Gasteiger partial charge in [0.2, 0.25) is 0 Å². The van der Waals surface area contributed by atoms with Crippen LogP contribution in [0.15, 0.2) is 48.5 Å². The smallest absolute Gasteiger partial charge is 0.408 e. The lowest BCUT2D eigenvalue weighted by atomic mass is 10.2. The number of hydrogen-bond acceptors (Lipinski definition) is 6. The normalized spacial score (nSPS) is 10.0. The van der Waals surface area contributed by atoms with Crippen LogP contribution in [-0.2, 0) is 16.1 Å². The van der Waals surface area contributed by atoms with Crippen LogP contribution in [0.25, 0.3) is 0 Å². The maximum absolute atomic E-state index is 11.7. The van der Waals surface area contributed by atoms with Gasteiger partial charge in [-0.15, -0.1) is 11.6 Å². The summed E-state index contributed by atoms with van der Waals surface area (Å²) in [4.78, 5) is 32.9. The Labute approximate surface area is 153 Å². The van der Waals surface area contributed by atoms with Gasteiger partial charge in [-0.3, -0.25) is 14.9 Å². The molecule has 26 heavy (non-hydrogen) atoms. The minimum absolute atomic E-state index is 0.0367. The van der Waals surface area contributed by atoms with Crippen LogP contribution in [0.3, 0.4) is 0 Å². The number of alkyl carbamates (subject to hydrolysis) is 1. The summed E-state index contributed by atoms with van der Waals surface area (Å²) in [5.74, 6) is -0.550. The lowest BCUT2D eigenvalue weighted by molar-refractivity contribution is -0.384. The van der Waals surface area contributed by atoms with Crippen LogP contribution in [0, 0.1) is 16.7 Å². The number of esters is 1. The third-order valence-electron chi connectivity index (χ3n) is 3.07. The molecule has 0 aliphatic carbocycles. The Morgan fingerprint density at radius 2 is 1.92 bits per heavy atom. The molecule has 2 aromatic carbocycles. The summed E-state index contributed by atoms with van der Waals surface area (Å²) in [7, 11) is 0. The van der Waals surface area contributed by atoms with E-state index in [0.29, 0.717) is 16.9 Å². The Kier molecular flexibility index (Phi) is 6.92. The van der Waals surface area contributed by atoms with Crippen LogP contribution >= 0.6 is 11.6 Å². The van der Waals surface area contributed by atoms with Gasteiger partial charge in [0, 0.05) is 12.1 Å². The monoisotopic (exact) mass is 377 g/mol. The van der Waals surface area contributed by atoms with Crippen LogP contribution in [0.2, 0.25) is 0 Å². The number of carbonyl (C=O) groups excluding carboxylic acids is 2. The van der Waals surface area contributed by atoms with Crippen molar-refractivity contribution in [3.05, 3.63) is 76.3 Å². The molecule has 0 saturated heterocycles. The Hall–Kier alpha value is -3.13. The van der Waals surface area contributed by atoms with Crippen molar-refractivity contribution in [3.63, 3.8) is 0 Å². The van der Waals surface area contributed by atoms with E-state index in [9.17, 15) is 19.7 Å². The molecule has 0 atom stereocenters. The summed E-state index contributed by atoms with van der Waals surface area (Å²) in [5.41, 5.74) is 1.15. The zero-order chi connectivity index (χ0) is 18.9. The van der Waals surface area contributed by atoms with Crippen LogP contribution in [-0.4, -0.2) is 22.9 Å². The molecule has 0 aromatic heterocycles. The number of nitro benzene ring substituents is 1. The van der Waals surface area contributed by atoms with E-state index >= 15 is 0 Å². The predicted octanol–water partition coefficient (Wildman–Crippen LogP) is 3.18. The van der Waals surface area contributed by atoms with E-state index in [1.54, 1.807) is 24.3 Å². The molecule has 0 saturated carbocycles. The van der Waals surface area contributed by atoms with Crippen molar-refractivity contribution in [3.8, 4) is 5.75 Å². The van der Waals surface area contributed by atoms with Crippen LogP contribution < -0.4 is 10.1 Å². The van der Waals surface area contributed by atoms with Gasteiger partial charge in [0.1, 0.15) is 18.2 Å². The Bertz CT molecular complexity index is 794. The Morgan fingerprint density at radius 1 is 1.19 bits per heavy atom. The van der Waals surface area contributed by atoms with E-state index in [1.165, 1.54) is 30.8 Å². The van der Waals surface area contributed by atoms with Crippen LogP contribution in [0.5, 0.6) is 5.75 Å². The van der Waals surface area contributed by atoms with Gasteiger partial charge in [0.05, 0.1) is 11.5 Å². The molecule has 1 amide bonds. The molecule has 0 fully saturated rings. The summed E-state index contributed by atoms with van der Waals surface area (Å²) in [6.07, 6.45) is -0.702. The first-order valence-corrected chi connectivity index (χ1v) is 7.88. The largest absolute Gasteiger partial charge is 0.445 e. The van der Waals surface area contributed by atoms with E-state index in [-0.39, 0.29) is 18.2 Å². The van der Waals surface area contributed by atoms with Gasteiger partial charge in [-0.1, -0.05) is 12.1 Å². The van der Waals surface area contributed by atoms with Crippen molar-refractivity contribution >= 4 is 29.4 Å². The number of alkyl halides is 1. The van der Waals surface area contributed by atoms with E-state index in [4.69, 9.17) is 21.1 Å². The highest BCUT2D eigenvalue weighted by Crippen LogP contribution is 2.15. The van der Waals surface area contributed by atoms with Gasteiger partial charge < -0.3 is 14.8 Å². The molecule has 0 aliphatic rings. The molecule has 9 heteroatoms. The van der Waals surface area contributed by atoms with Crippen molar-refractivity contribution in [1.82, 2.24) is 5.32 Å². The minimum atomic E-state index is -0.702. The average Bonchev–Trinajstić information content (AvgIpc) is 2.65. The number of hydrogen-bond donors (Lipinski definition) is 1. The standard InChI is InChI=1S/C17H14ClN2O6/c18-9-16(21)26-15-3-1-2-13(8-15)10-19-17(22)25-11-12-4-6-14(7-5-12)20(23)24/h1-8,10H,9,11H2,(H,19,22). The van der Waals surface area contributed by atoms with Crippen molar-refractivity contribution in [2.75, 3.05) is 5.88 Å². The average molecular weight is 378 g/mol.